The molecule has 2 aliphatic rings. The molecule has 8 nitrogen and oxygen atoms in total. The number of hydrogen-bond acceptors (Lipinski definition) is 7. The smallest absolute Gasteiger partial charge is 0.253 e. The molecular weight excluding hydrogens is 426 g/mol. The summed E-state index contributed by atoms with van der Waals surface area (Å²) in [5.41, 5.74) is 5.41. The molecule has 0 bridgehead atoms. The number of amides is 1. The normalized spacial score (nSPS) is 15.6. The summed E-state index contributed by atoms with van der Waals surface area (Å²) in [5, 5.41) is 4.27. The number of carbonyl (C=O) groups excluding carboxylic acids is 1. The molecule has 2 aromatic carbocycles. The third-order valence-electron chi connectivity index (χ3n) is 6.56. The highest BCUT2D eigenvalue weighted by atomic mass is 16.2. The van der Waals surface area contributed by atoms with Gasteiger partial charge in [-0.1, -0.05) is 6.07 Å². The molecular formula is C26H25N7O. The van der Waals surface area contributed by atoms with E-state index in [0.29, 0.717) is 5.95 Å². The molecule has 0 atom stereocenters. The molecule has 2 aliphatic heterocycles. The highest BCUT2D eigenvalue weighted by Crippen LogP contribution is 2.26. The van der Waals surface area contributed by atoms with Gasteiger partial charge in [0, 0.05) is 61.3 Å². The van der Waals surface area contributed by atoms with Gasteiger partial charge < -0.3 is 15.1 Å². The van der Waals surface area contributed by atoms with Gasteiger partial charge in [0.1, 0.15) is 0 Å². The minimum atomic E-state index is 0.0684. The van der Waals surface area contributed by atoms with Gasteiger partial charge in [-0.3, -0.25) is 4.79 Å². The van der Waals surface area contributed by atoms with Crippen molar-refractivity contribution >= 4 is 34.4 Å². The fourth-order valence-corrected chi connectivity index (χ4v) is 4.64. The van der Waals surface area contributed by atoms with Crippen LogP contribution in [-0.4, -0.2) is 57.4 Å². The SMILES string of the molecule is CN1CCc2cc(Nc3nccc(-c4ccc5nc(N6CCCC6)ncc5c4)n3)ccc2C1=O. The van der Waals surface area contributed by atoms with Gasteiger partial charge in [-0.15, -0.1) is 0 Å². The second-order valence-electron chi connectivity index (χ2n) is 8.88. The zero-order valence-corrected chi connectivity index (χ0v) is 19.0. The molecule has 0 radical (unpaired) electrons. The maximum atomic E-state index is 12.3. The minimum Gasteiger partial charge on any atom is -0.341 e. The van der Waals surface area contributed by atoms with E-state index in [1.165, 1.54) is 12.8 Å². The molecule has 0 aliphatic carbocycles. The first-order valence-corrected chi connectivity index (χ1v) is 11.6. The number of carbonyl (C=O) groups is 1. The topological polar surface area (TPSA) is 87.1 Å². The van der Waals surface area contributed by atoms with Crippen LogP contribution in [-0.2, 0) is 6.42 Å². The standard InChI is InChI=1S/C26H25N7O/c1-32-13-9-17-15-20(5-6-21(17)24(32)34)29-25-27-10-8-23(30-25)18-4-7-22-19(14-18)16-28-26(31-22)33-11-2-3-12-33/h4-8,10,14-16H,2-3,9,11-13H2,1H3,(H,27,29,30). The number of aromatic nitrogens is 4. The molecule has 1 saturated heterocycles. The summed E-state index contributed by atoms with van der Waals surface area (Å²) < 4.78 is 0. The van der Waals surface area contributed by atoms with Gasteiger partial charge in [-0.05, 0) is 61.2 Å². The molecule has 4 heterocycles. The van der Waals surface area contributed by atoms with Gasteiger partial charge in [0.25, 0.3) is 5.91 Å². The predicted octanol–water partition coefficient (Wildman–Crippen LogP) is 4.06. The van der Waals surface area contributed by atoms with Gasteiger partial charge in [0.15, 0.2) is 0 Å². The largest absolute Gasteiger partial charge is 0.341 e. The third-order valence-corrected chi connectivity index (χ3v) is 6.56. The van der Waals surface area contributed by atoms with Gasteiger partial charge in [0.2, 0.25) is 11.9 Å². The zero-order valence-electron chi connectivity index (χ0n) is 19.0. The van der Waals surface area contributed by atoms with E-state index >= 15 is 0 Å². The Labute approximate surface area is 197 Å². The predicted molar refractivity (Wildman–Crippen MR) is 132 cm³/mol. The van der Waals surface area contributed by atoms with Crippen molar-refractivity contribution in [3.63, 3.8) is 0 Å². The van der Waals surface area contributed by atoms with Crippen molar-refractivity contribution in [2.45, 2.75) is 19.3 Å². The molecule has 1 N–H and O–H groups in total. The summed E-state index contributed by atoms with van der Waals surface area (Å²) in [6.07, 6.45) is 6.88. The second-order valence-corrected chi connectivity index (χ2v) is 8.88. The van der Waals surface area contributed by atoms with Crippen LogP contribution in [0.4, 0.5) is 17.6 Å². The maximum absolute atomic E-state index is 12.3. The Morgan fingerprint density at radius 1 is 0.941 bits per heavy atom. The molecule has 0 saturated carbocycles. The van der Waals surface area contributed by atoms with E-state index in [9.17, 15) is 4.79 Å². The van der Waals surface area contributed by atoms with Gasteiger partial charge in [0.05, 0.1) is 11.2 Å². The lowest BCUT2D eigenvalue weighted by molar-refractivity contribution is 0.0781. The summed E-state index contributed by atoms with van der Waals surface area (Å²) in [7, 11) is 1.84. The summed E-state index contributed by atoms with van der Waals surface area (Å²) >= 11 is 0. The van der Waals surface area contributed by atoms with E-state index in [2.05, 4.69) is 26.3 Å². The fraction of sp³-hybridized carbons (Fsp3) is 0.269. The molecule has 34 heavy (non-hydrogen) atoms. The Bertz CT molecular complexity index is 1400. The Morgan fingerprint density at radius 3 is 2.71 bits per heavy atom. The lowest BCUT2D eigenvalue weighted by Gasteiger charge is -2.25. The Morgan fingerprint density at radius 2 is 1.82 bits per heavy atom. The van der Waals surface area contributed by atoms with Crippen LogP contribution in [0.3, 0.4) is 0 Å². The van der Waals surface area contributed by atoms with Crippen molar-refractivity contribution in [1.82, 2.24) is 24.8 Å². The number of rotatable bonds is 4. The average molecular weight is 452 g/mol. The average Bonchev–Trinajstić information content (AvgIpc) is 3.41. The molecule has 170 valence electrons. The molecule has 2 aromatic heterocycles. The summed E-state index contributed by atoms with van der Waals surface area (Å²) in [5.74, 6) is 1.39. The highest BCUT2D eigenvalue weighted by Gasteiger charge is 2.21. The monoisotopic (exact) mass is 451 g/mol. The zero-order chi connectivity index (χ0) is 23.1. The Kier molecular flexibility index (Phi) is 5.05. The van der Waals surface area contributed by atoms with E-state index < -0.39 is 0 Å². The van der Waals surface area contributed by atoms with Gasteiger partial charge in [-0.25, -0.2) is 19.9 Å². The van der Waals surface area contributed by atoms with E-state index in [1.54, 1.807) is 11.1 Å². The quantitative estimate of drug-likeness (QED) is 0.501. The molecule has 4 aromatic rings. The minimum absolute atomic E-state index is 0.0684. The fourth-order valence-electron chi connectivity index (χ4n) is 4.64. The van der Waals surface area contributed by atoms with Crippen LogP contribution in [0.1, 0.15) is 28.8 Å². The van der Waals surface area contributed by atoms with E-state index in [4.69, 9.17) is 9.97 Å². The molecule has 1 fully saturated rings. The Hall–Kier alpha value is -4.07. The summed E-state index contributed by atoms with van der Waals surface area (Å²) in [4.78, 5) is 34.8. The summed E-state index contributed by atoms with van der Waals surface area (Å²) in [6, 6.07) is 13.8. The van der Waals surface area contributed by atoms with E-state index in [0.717, 1.165) is 71.0 Å². The van der Waals surface area contributed by atoms with Gasteiger partial charge >= 0.3 is 0 Å². The Balaban J connectivity index is 1.25. The van der Waals surface area contributed by atoms with Crippen LogP contribution in [0.2, 0.25) is 0 Å². The number of nitrogens with zero attached hydrogens (tertiary/aromatic N) is 6. The van der Waals surface area contributed by atoms with Crippen molar-refractivity contribution in [3.8, 4) is 11.3 Å². The van der Waals surface area contributed by atoms with Crippen LogP contribution in [0.15, 0.2) is 54.9 Å². The number of nitrogens with one attached hydrogen (secondary N) is 1. The summed E-state index contributed by atoms with van der Waals surface area (Å²) in [6.45, 7) is 2.78. The number of fused-ring (bicyclic) bond motifs is 2. The number of benzene rings is 2. The second kappa shape index (κ2) is 8.37. The highest BCUT2D eigenvalue weighted by molar-refractivity contribution is 5.97. The molecule has 8 heteroatoms. The van der Waals surface area contributed by atoms with Crippen LogP contribution in [0, 0.1) is 0 Å². The molecule has 0 spiro atoms. The molecule has 1 amide bonds. The lowest BCUT2D eigenvalue weighted by Crippen LogP contribution is -2.34. The number of anilines is 3. The lowest BCUT2D eigenvalue weighted by atomic mass is 9.99. The van der Waals surface area contributed by atoms with Crippen molar-refractivity contribution in [2.24, 2.45) is 0 Å². The molecule has 6 rings (SSSR count). The van der Waals surface area contributed by atoms with Crippen LogP contribution in [0.5, 0.6) is 0 Å². The van der Waals surface area contributed by atoms with Crippen LogP contribution >= 0.6 is 0 Å². The van der Waals surface area contributed by atoms with Crippen LogP contribution < -0.4 is 10.2 Å². The van der Waals surface area contributed by atoms with E-state index in [1.807, 2.05) is 49.6 Å². The maximum Gasteiger partial charge on any atom is 0.253 e. The number of likely N-dealkylation sites (N-methyl/N-ethyl adjacent to an activating group) is 1. The molecule has 0 unspecified atom stereocenters. The van der Waals surface area contributed by atoms with Crippen molar-refractivity contribution in [3.05, 3.63) is 66.0 Å². The van der Waals surface area contributed by atoms with Crippen molar-refractivity contribution in [1.29, 1.82) is 0 Å². The number of hydrogen-bond donors (Lipinski definition) is 1. The van der Waals surface area contributed by atoms with Crippen molar-refractivity contribution < 1.29 is 4.79 Å². The van der Waals surface area contributed by atoms with Gasteiger partial charge in [-0.2, -0.15) is 0 Å². The first-order valence-electron chi connectivity index (χ1n) is 11.6. The van der Waals surface area contributed by atoms with E-state index in [-0.39, 0.29) is 5.91 Å². The first kappa shape index (κ1) is 20.5. The van der Waals surface area contributed by atoms with Crippen molar-refractivity contribution in [2.75, 3.05) is 36.9 Å². The first-order chi connectivity index (χ1) is 16.6. The third kappa shape index (κ3) is 3.81. The van der Waals surface area contributed by atoms with Crippen LogP contribution in [0.25, 0.3) is 22.2 Å².